The highest BCUT2D eigenvalue weighted by Gasteiger charge is 2.18. The average Bonchev–Trinajstić information content (AvgIpc) is 2.36. The van der Waals surface area contributed by atoms with Crippen molar-refractivity contribution < 1.29 is 19.4 Å². The number of aliphatic carboxylic acids is 1. The van der Waals surface area contributed by atoms with Gasteiger partial charge in [0.25, 0.3) is 0 Å². The third-order valence-corrected chi connectivity index (χ3v) is 2.45. The fourth-order valence-electron chi connectivity index (χ4n) is 1.58. The van der Waals surface area contributed by atoms with E-state index in [1.165, 1.54) is 0 Å². The van der Waals surface area contributed by atoms with E-state index in [4.69, 9.17) is 14.6 Å². The van der Waals surface area contributed by atoms with Gasteiger partial charge in [-0.15, -0.1) is 0 Å². The van der Waals surface area contributed by atoms with Crippen molar-refractivity contribution in [3.63, 3.8) is 0 Å². The van der Waals surface area contributed by atoms with Gasteiger partial charge in [0.2, 0.25) is 0 Å². The summed E-state index contributed by atoms with van der Waals surface area (Å²) in [5.74, 6) is -0.125. The fourth-order valence-corrected chi connectivity index (χ4v) is 1.58. The second kappa shape index (κ2) is 7.71. The van der Waals surface area contributed by atoms with Crippen molar-refractivity contribution in [2.75, 3.05) is 13.2 Å². The Morgan fingerprint density at radius 1 is 1.28 bits per heavy atom. The van der Waals surface area contributed by atoms with E-state index in [0.29, 0.717) is 19.6 Å². The first kappa shape index (κ1) is 14.5. The van der Waals surface area contributed by atoms with Gasteiger partial charge in [-0.1, -0.05) is 19.1 Å². The highest BCUT2D eigenvalue weighted by Crippen LogP contribution is 2.14. The quantitative estimate of drug-likeness (QED) is 0.772. The first-order chi connectivity index (χ1) is 8.67. The lowest BCUT2D eigenvalue weighted by atomic mass is 10.1. The summed E-state index contributed by atoms with van der Waals surface area (Å²) in [6.07, 6.45) is 0.414. The standard InChI is InChI=1S/C14H20O4/c1-3-9-18-13(14(15)16)10-11-5-7-12(8-6-11)17-4-2/h5-8,13H,3-4,9-10H2,1-2H3,(H,15,16)/t13-/m0/s1. The Morgan fingerprint density at radius 3 is 2.44 bits per heavy atom. The minimum atomic E-state index is -0.919. The average molecular weight is 252 g/mol. The molecule has 0 aliphatic carbocycles. The monoisotopic (exact) mass is 252 g/mol. The molecule has 0 aromatic heterocycles. The summed E-state index contributed by atoms with van der Waals surface area (Å²) in [4.78, 5) is 11.0. The lowest BCUT2D eigenvalue weighted by Crippen LogP contribution is -2.26. The number of rotatable bonds is 8. The van der Waals surface area contributed by atoms with Gasteiger partial charge in [0.1, 0.15) is 5.75 Å². The molecule has 1 aromatic rings. The number of ether oxygens (including phenoxy) is 2. The zero-order valence-corrected chi connectivity index (χ0v) is 10.9. The van der Waals surface area contributed by atoms with E-state index in [-0.39, 0.29) is 0 Å². The van der Waals surface area contributed by atoms with Crippen molar-refractivity contribution in [2.24, 2.45) is 0 Å². The van der Waals surface area contributed by atoms with Crippen molar-refractivity contribution in [3.05, 3.63) is 29.8 Å². The van der Waals surface area contributed by atoms with Crippen LogP contribution in [0.5, 0.6) is 5.75 Å². The Kier molecular flexibility index (Phi) is 6.22. The van der Waals surface area contributed by atoms with Crippen LogP contribution in [-0.2, 0) is 16.0 Å². The predicted octanol–water partition coefficient (Wildman–Crippen LogP) is 2.51. The second-order valence-corrected chi connectivity index (χ2v) is 3.98. The molecule has 0 fully saturated rings. The lowest BCUT2D eigenvalue weighted by Gasteiger charge is -2.13. The van der Waals surface area contributed by atoms with Crippen LogP contribution in [0.3, 0.4) is 0 Å². The zero-order valence-electron chi connectivity index (χ0n) is 10.9. The summed E-state index contributed by atoms with van der Waals surface area (Å²) in [5.41, 5.74) is 0.932. The maximum absolute atomic E-state index is 11.0. The van der Waals surface area contributed by atoms with Crippen molar-refractivity contribution in [3.8, 4) is 5.75 Å². The zero-order chi connectivity index (χ0) is 13.4. The van der Waals surface area contributed by atoms with Gasteiger partial charge in [-0.2, -0.15) is 0 Å². The van der Waals surface area contributed by atoms with Crippen LogP contribution in [0.15, 0.2) is 24.3 Å². The molecule has 18 heavy (non-hydrogen) atoms. The largest absolute Gasteiger partial charge is 0.494 e. The van der Waals surface area contributed by atoms with Crippen LogP contribution in [0, 0.1) is 0 Å². The Bertz CT molecular complexity index is 359. The van der Waals surface area contributed by atoms with Gasteiger partial charge in [-0.3, -0.25) is 0 Å². The molecule has 1 rings (SSSR count). The van der Waals surface area contributed by atoms with Gasteiger partial charge in [-0.05, 0) is 31.0 Å². The molecule has 0 amide bonds. The SMILES string of the molecule is CCCO[C@@H](Cc1ccc(OCC)cc1)C(=O)O. The Morgan fingerprint density at radius 2 is 1.94 bits per heavy atom. The van der Waals surface area contributed by atoms with E-state index in [1.807, 2.05) is 38.1 Å². The fraction of sp³-hybridized carbons (Fsp3) is 0.500. The van der Waals surface area contributed by atoms with Crippen LogP contribution in [0.4, 0.5) is 0 Å². The molecule has 100 valence electrons. The summed E-state index contributed by atoms with van der Waals surface area (Å²) in [5, 5.41) is 9.05. The summed E-state index contributed by atoms with van der Waals surface area (Å²) in [7, 11) is 0. The highest BCUT2D eigenvalue weighted by molar-refractivity contribution is 5.72. The summed E-state index contributed by atoms with van der Waals surface area (Å²) in [6.45, 7) is 4.97. The molecule has 0 saturated carbocycles. The first-order valence-electron chi connectivity index (χ1n) is 6.23. The molecule has 0 unspecified atom stereocenters. The van der Waals surface area contributed by atoms with Crippen LogP contribution in [0.1, 0.15) is 25.8 Å². The maximum atomic E-state index is 11.0. The number of carboxylic acid groups (broad SMARTS) is 1. The Hall–Kier alpha value is -1.55. The van der Waals surface area contributed by atoms with Crippen LogP contribution in [0.2, 0.25) is 0 Å². The molecule has 1 N–H and O–H groups in total. The van der Waals surface area contributed by atoms with Crippen molar-refractivity contribution in [2.45, 2.75) is 32.8 Å². The van der Waals surface area contributed by atoms with Gasteiger partial charge in [0, 0.05) is 13.0 Å². The number of carbonyl (C=O) groups is 1. The molecule has 0 aliphatic heterocycles. The molecule has 1 atom stereocenters. The van der Waals surface area contributed by atoms with Crippen molar-refractivity contribution in [1.82, 2.24) is 0 Å². The van der Waals surface area contributed by atoms with Gasteiger partial charge in [0.15, 0.2) is 6.10 Å². The summed E-state index contributed by atoms with van der Waals surface area (Å²) < 4.78 is 10.6. The molecule has 0 saturated heterocycles. The van der Waals surface area contributed by atoms with E-state index < -0.39 is 12.1 Å². The second-order valence-electron chi connectivity index (χ2n) is 3.98. The molecule has 0 spiro atoms. The topological polar surface area (TPSA) is 55.8 Å². The van der Waals surface area contributed by atoms with E-state index in [9.17, 15) is 4.79 Å². The van der Waals surface area contributed by atoms with Crippen LogP contribution in [-0.4, -0.2) is 30.4 Å². The van der Waals surface area contributed by atoms with Crippen LogP contribution < -0.4 is 4.74 Å². The minimum Gasteiger partial charge on any atom is -0.494 e. The van der Waals surface area contributed by atoms with E-state index >= 15 is 0 Å². The third-order valence-electron chi connectivity index (χ3n) is 2.45. The van der Waals surface area contributed by atoms with Gasteiger partial charge < -0.3 is 14.6 Å². The molecule has 0 bridgehead atoms. The molecular formula is C14H20O4. The number of hydrogen-bond acceptors (Lipinski definition) is 3. The van der Waals surface area contributed by atoms with Crippen molar-refractivity contribution >= 4 is 5.97 Å². The molecule has 4 heteroatoms. The number of benzene rings is 1. The molecule has 1 aromatic carbocycles. The minimum absolute atomic E-state index is 0.377. The molecule has 0 aliphatic rings. The van der Waals surface area contributed by atoms with Gasteiger partial charge in [-0.25, -0.2) is 4.79 Å². The predicted molar refractivity (Wildman–Crippen MR) is 69.0 cm³/mol. The summed E-state index contributed by atoms with van der Waals surface area (Å²) >= 11 is 0. The number of hydrogen-bond donors (Lipinski definition) is 1. The summed E-state index contributed by atoms with van der Waals surface area (Å²) in [6, 6.07) is 7.43. The highest BCUT2D eigenvalue weighted by atomic mass is 16.5. The third kappa shape index (κ3) is 4.75. The van der Waals surface area contributed by atoms with E-state index in [2.05, 4.69) is 0 Å². The van der Waals surface area contributed by atoms with Crippen LogP contribution >= 0.6 is 0 Å². The smallest absolute Gasteiger partial charge is 0.333 e. The normalized spacial score (nSPS) is 12.1. The molecule has 4 nitrogen and oxygen atoms in total. The first-order valence-corrected chi connectivity index (χ1v) is 6.23. The lowest BCUT2D eigenvalue weighted by molar-refractivity contribution is -0.150. The van der Waals surface area contributed by atoms with E-state index in [1.54, 1.807) is 0 Å². The molecule has 0 heterocycles. The van der Waals surface area contributed by atoms with Gasteiger partial charge in [0.05, 0.1) is 6.61 Å². The maximum Gasteiger partial charge on any atom is 0.333 e. The Labute approximate surface area is 108 Å². The molecular weight excluding hydrogens is 232 g/mol. The van der Waals surface area contributed by atoms with Crippen molar-refractivity contribution in [1.29, 1.82) is 0 Å². The van der Waals surface area contributed by atoms with Crippen LogP contribution in [0.25, 0.3) is 0 Å². The molecule has 0 radical (unpaired) electrons. The van der Waals surface area contributed by atoms with E-state index in [0.717, 1.165) is 17.7 Å². The van der Waals surface area contributed by atoms with Gasteiger partial charge >= 0.3 is 5.97 Å². The Balaban J connectivity index is 2.60. The number of carboxylic acids is 1.